The summed E-state index contributed by atoms with van der Waals surface area (Å²) in [6.07, 6.45) is 3.02. The smallest absolute Gasteiger partial charge is 0.125 e. The van der Waals surface area contributed by atoms with E-state index in [9.17, 15) is 4.79 Å². The zero-order valence-electron chi connectivity index (χ0n) is 11.6. The molecule has 1 nitrogen and oxygen atoms in total. The van der Waals surface area contributed by atoms with Gasteiger partial charge in [-0.15, -0.1) is 6.58 Å². The topological polar surface area (TPSA) is 17.1 Å². The summed E-state index contributed by atoms with van der Waals surface area (Å²) in [5.74, 6) is -0.0581. The van der Waals surface area contributed by atoms with Gasteiger partial charge in [0, 0.05) is 16.7 Å². The fraction of sp³-hybridized carbons (Fsp3) is 0.211. The van der Waals surface area contributed by atoms with Crippen LogP contribution in [0.2, 0.25) is 0 Å². The minimum Gasteiger partial charge on any atom is -0.303 e. The van der Waals surface area contributed by atoms with Crippen molar-refractivity contribution in [3.8, 4) is 0 Å². The van der Waals surface area contributed by atoms with Crippen LogP contribution in [0.25, 0.3) is 0 Å². The second-order valence-electron chi connectivity index (χ2n) is 5.64. The Morgan fingerprint density at radius 1 is 0.950 bits per heavy atom. The first-order valence-corrected chi connectivity index (χ1v) is 6.91. The van der Waals surface area contributed by atoms with Gasteiger partial charge < -0.3 is 4.79 Å². The first kappa shape index (κ1) is 12.9. The number of hydrogen-bond donors (Lipinski definition) is 0. The summed E-state index contributed by atoms with van der Waals surface area (Å²) in [7, 11) is 0. The Hall–Kier alpha value is -2.15. The number of benzene rings is 2. The van der Waals surface area contributed by atoms with E-state index in [1.807, 2.05) is 42.5 Å². The van der Waals surface area contributed by atoms with Crippen molar-refractivity contribution in [1.29, 1.82) is 0 Å². The largest absolute Gasteiger partial charge is 0.303 e. The molecule has 3 rings (SSSR count). The van der Waals surface area contributed by atoms with Gasteiger partial charge in [0.25, 0.3) is 0 Å². The monoisotopic (exact) mass is 262 g/mol. The van der Waals surface area contributed by atoms with Gasteiger partial charge in [0.2, 0.25) is 0 Å². The van der Waals surface area contributed by atoms with Gasteiger partial charge in [0.1, 0.15) is 6.29 Å². The molecular formula is C19H18O. The minimum absolute atomic E-state index is 0.0581. The van der Waals surface area contributed by atoms with Crippen LogP contribution in [0.5, 0.6) is 0 Å². The normalized spacial score (nSPS) is 26.8. The van der Waals surface area contributed by atoms with Crippen LogP contribution in [0.4, 0.5) is 0 Å². The van der Waals surface area contributed by atoms with Gasteiger partial charge in [-0.2, -0.15) is 0 Å². The van der Waals surface area contributed by atoms with E-state index >= 15 is 0 Å². The molecule has 0 heterocycles. The second kappa shape index (κ2) is 4.45. The standard InChI is InChI=1S/C19H18O/c1-3-18(2)17(14-20)19(18,15-10-6-4-7-11-15)16-12-8-5-9-13-16/h3-14,17H,1H2,2H3/t17-,18+/m1/s1. The molecule has 0 amide bonds. The first-order chi connectivity index (χ1) is 9.71. The van der Waals surface area contributed by atoms with Crippen molar-refractivity contribution in [2.24, 2.45) is 11.3 Å². The molecule has 2 aromatic carbocycles. The van der Waals surface area contributed by atoms with E-state index in [4.69, 9.17) is 0 Å². The molecule has 0 aromatic heterocycles. The van der Waals surface area contributed by atoms with Crippen LogP contribution in [0.3, 0.4) is 0 Å². The highest BCUT2D eigenvalue weighted by atomic mass is 16.1. The highest BCUT2D eigenvalue weighted by molar-refractivity contribution is 5.74. The SMILES string of the molecule is C=C[C@@]1(C)[C@@H](C=O)C1(c1ccccc1)c1ccccc1. The lowest BCUT2D eigenvalue weighted by Crippen LogP contribution is -2.17. The summed E-state index contributed by atoms with van der Waals surface area (Å²) in [5, 5.41) is 0. The number of carbonyl (C=O) groups excluding carboxylic acids is 1. The average molecular weight is 262 g/mol. The Bertz CT molecular complexity index is 590. The molecule has 2 atom stereocenters. The van der Waals surface area contributed by atoms with E-state index < -0.39 is 0 Å². The highest BCUT2D eigenvalue weighted by Gasteiger charge is 2.73. The van der Waals surface area contributed by atoms with E-state index in [2.05, 4.69) is 37.8 Å². The van der Waals surface area contributed by atoms with Crippen molar-refractivity contribution >= 4 is 6.29 Å². The summed E-state index contributed by atoms with van der Waals surface area (Å²) in [6, 6.07) is 20.6. The second-order valence-corrected chi connectivity index (χ2v) is 5.64. The third kappa shape index (κ3) is 1.41. The molecule has 1 fully saturated rings. The van der Waals surface area contributed by atoms with E-state index in [1.54, 1.807) is 0 Å². The fourth-order valence-corrected chi connectivity index (χ4v) is 3.76. The molecule has 1 aliphatic rings. The quantitative estimate of drug-likeness (QED) is 0.601. The van der Waals surface area contributed by atoms with Crippen molar-refractivity contribution < 1.29 is 4.79 Å². The highest BCUT2D eigenvalue weighted by Crippen LogP contribution is 2.72. The lowest BCUT2D eigenvalue weighted by atomic mass is 9.80. The molecule has 1 saturated carbocycles. The molecule has 2 aromatic rings. The van der Waals surface area contributed by atoms with Gasteiger partial charge >= 0.3 is 0 Å². The Labute approximate surface area is 120 Å². The molecule has 0 N–H and O–H groups in total. The summed E-state index contributed by atoms with van der Waals surface area (Å²) in [6.45, 7) is 6.10. The summed E-state index contributed by atoms with van der Waals surface area (Å²) >= 11 is 0. The van der Waals surface area contributed by atoms with Crippen molar-refractivity contribution in [2.45, 2.75) is 12.3 Å². The number of hydrogen-bond acceptors (Lipinski definition) is 1. The molecule has 0 saturated heterocycles. The molecule has 0 aliphatic heterocycles. The van der Waals surface area contributed by atoms with E-state index in [0.717, 1.165) is 6.29 Å². The molecular weight excluding hydrogens is 244 g/mol. The summed E-state index contributed by atoms with van der Waals surface area (Å²) in [5.41, 5.74) is 1.87. The zero-order chi connectivity index (χ0) is 14.2. The maximum absolute atomic E-state index is 11.7. The Morgan fingerprint density at radius 3 is 1.70 bits per heavy atom. The predicted molar refractivity (Wildman–Crippen MR) is 81.5 cm³/mol. The molecule has 0 radical (unpaired) electrons. The Balaban J connectivity index is 2.26. The zero-order valence-corrected chi connectivity index (χ0v) is 11.6. The van der Waals surface area contributed by atoms with E-state index in [-0.39, 0.29) is 16.7 Å². The predicted octanol–water partition coefficient (Wildman–Crippen LogP) is 3.99. The van der Waals surface area contributed by atoms with Gasteiger partial charge in [0.05, 0.1) is 0 Å². The van der Waals surface area contributed by atoms with Gasteiger partial charge in [0.15, 0.2) is 0 Å². The lowest BCUT2D eigenvalue weighted by molar-refractivity contribution is -0.109. The van der Waals surface area contributed by atoms with Crippen LogP contribution in [0.15, 0.2) is 73.3 Å². The van der Waals surface area contributed by atoms with Gasteiger partial charge in [-0.3, -0.25) is 0 Å². The Kier molecular flexibility index (Phi) is 2.86. The fourth-order valence-electron chi connectivity index (χ4n) is 3.76. The maximum Gasteiger partial charge on any atom is 0.125 e. The lowest BCUT2D eigenvalue weighted by Gasteiger charge is -2.22. The van der Waals surface area contributed by atoms with Gasteiger partial charge in [-0.1, -0.05) is 73.7 Å². The van der Waals surface area contributed by atoms with Crippen molar-refractivity contribution in [3.05, 3.63) is 84.4 Å². The molecule has 1 heteroatoms. The van der Waals surface area contributed by atoms with E-state index in [1.165, 1.54) is 11.1 Å². The molecule has 1 aliphatic carbocycles. The van der Waals surface area contributed by atoms with Crippen LogP contribution in [0, 0.1) is 11.3 Å². The van der Waals surface area contributed by atoms with Gasteiger partial charge in [-0.05, 0) is 11.1 Å². The summed E-state index contributed by atoms with van der Waals surface area (Å²) in [4.78, 5) is 11.7. The molecule has 20 heavy (non-hydrogen) atoms. The number of carbonyl (C=O) groups is 1. The maximum atomic E-state index is 11.7. The third-order valence-corrected chi connectivity index (χ3v) is 4.90. The molecule has 100 valence electrons. The van der Waals surface area contributed by atoms with Crippen LogP contribution in [0.1, 0.15) is 18.1 Å². The first-order valence-electron chi connectivity index (χ1n) is 6.91. The third-order valence-electron chi connectivity index (χ3n) is 4.90. The number of allylic oxidation sites excluding steroid dienone is 1. The van der Waals surface area contributed by atoms with Crippen molar-refractivity contribution in [1.82, 2.24) is 0 Å². The number of aldehydes is 1. The van der Waals surface area contributed by atoms with Crippen LogP contribution in [-0.2, 0) is 10.2 Å². The average Bonchev–Trinajstić information content (AvgIpc) is 3.09. The Morgan fingerprint density at radius 2 is 1.40 bits per heavy atom. The van der Waals surface area contributed by atoms with Crippen molar-refractivity contribution in [3.63, 3.8) is 0 Å². The summed E-state index contributed by atoms with van der Waals surface area (Å²) < 4.78 is 0. The molecule has 0 unspecified atom stereocenters. The minimum atomic E-state index is -0.279. The van der Waals surface area contributed by atoms with Gasteiger partial charge in [-0.25, -0.2) is 0 Å². The molecule has 0 bridgehead atoms. The van der Waals surface area contributed by atoms with Crippen LogP contribution in [-0.4, -0.2) is 6.29 Å². The van der Waals surface area contributed by atoms with Crippen LogP contribution < -0.4 is 0 Å². The van der Waals surface area contributed by atoms with E-state index in [0.29, 0.717) is 0 Å². The van der Waals surface area contributed by atoms with Crippen molar-refractivity contribution in [2.75, 3.05) is 0 Å². The van der Waals surface area contributed by atoms with Crippen LogP contribution >= 0.6 is 0 Å². The molecule has 0 spiro atoms. The number of rotatable bonds is 4.